The summed E-state index contributed by atoms with van der Waals surface area (Å²) in [6, 6.07) is 0. The molecule has 7 heteroatoms. The van der Waals surface area contributed by atoms with E-state index in [9.17, 15) is 20.4 Å². The monoisotopic (exact) mass is 467 g/mol. The first-order chi connectivity index (χ1) is 15.5. The van der Waals surface area contributed by atoms with E-state index < -0.39 is 36.3 Å². The summed E-state index contributed by atoms with van der Waals surface area (Å²) in [4.78, 5) is 0. The zero-order chi connectivity index (χ0) is 23.8. The summed E-state index contributed by atoms with van der Waals surface area (Å²) >= 11 is 0. The average Bonchev–Trinajstić information content (AvgIpc) is 3.06. The lowest BCUT2D eigenvalue weighted by Crippen LogP contribution is -2.63. The van der Waals surface area contributed by atoms with Gasteiger partial charge in [-0.05, 0) is 100 Å². The van der Waals surface area contributed by atoms with Gasteiger partial charge < -0.3 is 35.6 Å². The van der Waals surface area contributed by atoms with Crippen molar-refractivity contribution in [1.29, 1.82) is 0 Å². The fourth-order valence-corrected chi connectivity index (χ4v) is 9.11. The molecule has 6 N–H and O–H groups in total. The zero-order valence-electron chi connectivity index (χ0n) is 20.5. The number of aliphatic hydroxyl groups is 4. The van der Waals surface area contributed by atoms with Crippen LogP contribution in [0.15, 0.2) is 0 Å². The van der Waals surface area contributed by atoms with Gasteiger partial charge in [-0.2, -0.15) is 0 Å². The third kappa shape index (κ3) is 3.48. The first-order valence-corrected chi connectivity index (χ1v) is 13.3. The molecule has 4 saturated carbocycles. The number of hydrogen-bond donors (Lipinski definition) is 5. The molecule has 7 nitrogen and oxygen atoms in total. The molecule has 1 saturated heterocycles. The molecule has 5 rings (SSSR count). The van der Waals surface area contributed by atoms with Crippen LogP contribution < -0.4 is 5.73 Å². The molecule has 13 atom stereocenters. The Labute approximate surface area is 198 Å². The normalized spacial score (nSPS) is 58.9. The van der Waals surface area contributed by atoms with Crippen molar-refractivity contribution in [2.45, 2.75) is 121 Å². The topological polar surface area (TPSA) is 125 Å². The van der Waals surface area contributed by atoms with E-state index in [1.807, 2.05) is 0 Å². The second kappa shape index (κ2) is 8.39. The number of aliphatic hydroxyl groups excluding tert-OH is 3. The molecule has 1 aliphatic heterocycles. The minimum absolute atomic E-state index is 0.0287. The summed E-state index contributed by atoms with van der Waals surface area (Å²) in [5, 5.41) is 42.5. The molecule has 0 spiro atoms. The van der Waals surface area contributed by atoms with Crippen LogP contribution in [-0.4, -0.2) is 69.4 Å². The van der Waals surface area contributed by atoms with Gasteiger partial charge in [-0.1, -0.05) is 13.8 Å². The van der Waals surface area contributed by atoms with Gasteiger partial charge in [-0.15, -0.1) is 0 Å². The van der Waals surface area contributed by atoms with Crippen molar-refractivity contribution in [3.05, 3.63) is 0 Å². The van der Waals surface area contributed by atoms with E-state index in [-0.39, 0.29) is 16.9 Å². The summed E-state index contributed by atoms with van der Waals surface area (Å²) in [6.07, 6.45) is 4.03. The predicted molar refractivity (Wildman–Crippen MR) is 123 cm³/mol. The summed E-state index contributed by atoms with van der Waals surface area (Å²) in [5.41, 5.74) is 5.68. The molecular formula is C26H45NO6. The van der Waals surface area contributed by atoms with Gasteiger partial charge in [0.2, 0.25) is 0 Å². The minimum Gasteiger partial charge on any atom is -0.389 e. The van der Waals surface area contributed by atoms with E-state index in [1.54, 1.807) is 6.92 Å². The van der Waals surface area contributed by atoms with Gasteiger partial charge in [0.25, 0.3) is 0 Å². The van der Waals surface area contributed by atoms with E-state index >= 15 is 0 Å². The van der Waals surface area contributed by atoms with E-state index in [2.05, 4.69) is 13.8 Å². The maximum absolute atomic E-state index is 12.1. The highest BCUT2D eigenvalue weighted by molar-refractivity contribution is 5.17. The van der Waals surface area contributed by atoms with Crippen LogP contribution in [-0.2, 0) is 9.47 Å². The highest BCUT2D eigenvalue weighted by Gasteiger charge is 2.67. The van der Waals surface area contributed by atoms with Crippen LogP contribution in [0.3, 0.4) is 0 Å². The molecule has 0 aromatic carbocycles. The molecule has 5 fully saturated rings. The van der Waals surface area contributed by atoms with Crippen molar-refractivity contribution >= 4 is 0 Å². The number of fused-ring (bicyclic) bond motifs is 5. The minimum atomic E-state index is -1.26. The van der Waals surface area contributed by atoms with Crippen LogP contribution in [0.2, 0.25) is 0 Å². The average molecular weight is 468 g/mol. The first kappa shape index (κ1) is 24.4. The number of ether oxygens (including phenoxy) is 2. The third-order valence-corrected chi connectivity index (χ3v) is 11.4. The van der Waals surface area contributed by atoms with Crippen molar-refractivity contribution in [2.75, 3.05) is 6.54 Å². The van der Waals surface area contributed by atoms with Crippen molar-refractivity contribution < 1.29 is 29.9 Å². The summed E-state index contributed by atoms with van der Waals surface area (Å²) in [6.45, 7) is 7.11. The Morgan fingerprint density at radius 1 is 0.909 bits per heavy atom. The molecule has 0 aromatic heterocycles. The lowest BCUT2D eigenvalue weighted by Gasteiger charge is -2.63. The lowest BCUT2D eigenvalue weighted by molar-refractivity contribution is -0.310. The van der Waals surface area contributed by atoms with E-state index in [1.165, 1.54) is 6.42 Å². The number of hydrogen-bond acceptors (Lipinski definition) is 7. The molecule has 33 heavy (non-hydrogen) atoms. The number of nitrogens with two attached hydrogens (primary N) is 1. The zero-order valence-corrected chi connectivity index (χ0v) is 20.5. The Morgan fingerprint density at radius 2 is 1.67 bits per heavy atom. The molecule has 5 aliphatic rings. The molecule has 0 bridgehead atoms. The van der Waals surface area contributed by atoms with Gasteiger partial charge in [0.1, 0.15) is 18.3 Å². The van der Waals surface area contributed by atoms with Crippen molar-refractivity contribution in [3.63, 3.8) is 0 Å². The van der Waals surface area contributed by atoms with Gasteiger partial charge in [0.15, 0.2) is 6.29 Å². The van der Waals surface area contributed by atoms with Crippen LogP contribution in [0.1, 0.15) is 78.6 Å². The van der Waals surface area contributed by atoms with Crippen LogP contribution in [0.25, 0.3) is 0 Å². The van der Waals surface area contributed by atoms with Crippen LogP contribution in [0, 0.1) is 34.5 Å². The van der Waals surface area contributed by atoms with Crippen LogP contribution in [0.5, 0.6) is 0 Å². The molecule has 1 heterocycles. The number of rotatable bonds is 3. The summed E-state index contributed by atoms with van der Waals surface area (Å²) in [5.74, 6) is 1.83. The Morgan fingerprint density at radius 3 is 2.39 bits per heavy atom. The van der Waals surface area contributed by atoms with Crippen LogP contribution >= 0.6 is 0 Å². The summed E-state index contributed by atoms with van der Waals surface area (Å²) in [7, 11) is 0. The third-order valence-electron chi connectivity index (χ3n) is 11.4. The van der Waals surface area contributed by atoms with Crippen molar-refractivity contribution in [2.24, 2.45) is 40.2 Å². The van der Waals surface area contributed by atoms with E-state index in [0.717, 1.165) is 51.4 Å². The van der Waals surface area contributed by atoms with E-state index in [4.69, 9.17) is 15.2 Å². The largest absolute Gasteiger partial charge is 0.389 e. The highest BCUT2D eigenvalue weighted by atomic mass is 16.7. The highest BCUT2D eigenvalue weighted by Crippen LogP contribution is 2.68. The van der Waals surface area contributed by atoms with Gasteiger partial charge in [0, 0.05) is 5.41 Å². The Balaban J connectivity index is 1.28. The first-order valence-electron chi connectivity index (χ1n) is 13.3. The van der Waals surface area contributed by atoms with Crippen LogP contribution in [0.4, 0.5) is 0 Å². The Hall–Kier alpha value is -0.280. The smallest absolute Gasteiger partial charge is 0.186 e. The summed E-state index contributed by atoms with van der Waals surface area (Å²) < 4.78 is 11.9. The van der Waals surface area contributed by atoms with E-state index in [0.29, 0.717) is 30.2 Å². The molecule has 4 aliphatic carbocycles. The quantitative estimate of drug-likeness (QED) is 0.402. The maximum atomic E-state index is 12.1. The standard InChI is InChI=1S/C26H45NO6/c1-14-20(28)21(29)22(30)23(32-14)33-17-7-9-24(2)15(12-17)4-5-19-18(24)8-10-25(3)16(13-27)6-11-26(19,25)31/h14-23,28-31H,4-13,27H2,1-3H3/t14?,15-,16-,17+,18?,19?,20+,21+,22?,23+,24+,25-,26+/m1/s1. The van der Waals surface area contributed by atoms with Gasteiger partial charge in [0.05, 0.1) is 17.8 Å². The second-order valence-corrected chi connectivity index (χ2v) is 12.6. The van der Waals surface area contributed by atoms with Gasteiger partial charge in [-0.3, -0.25) is 0 Å². The Kier molecular flexibility index (Phi) is 6.21. The molecular weight excluding hydrogens is 422 g/mol. The molecule has 0 radical (unpaired) electrons. The molecule has 0 aromatic rings. The molecule has 4 unspecified atom stereocenters. The van der Waals surface area contributed by atoms with Crippen molar-refractivity contribution in [3.8, 4) is 0 Å². The molecule has 0 amide bonds. The second-order valence-electron chi connectivity index (χ2n) is 12.6. The lowest BCUT2D eigenvalue weighted by atomic mass is 9.43. The molecule has 190 valence electrons. The van der Waals surface area contributed by atoms with Gasteiger partial charge in [-0.25, -0.2) is 0 Å². The fourth-order valence-electron chi connectivity index (χ4n) is 9.11. The van der Waals surface area contributed by atoms with Gasteiger partial charge >= 0.3 is 0 Å². The Bertz CT molecular complexity index is 738. The predicted octanol–water partition coefficient (Wildman–Crippen LogP) is 1.93. The fraction of sp³-hybridized carbons (Fsp3) is 1.00. The SMILES string of the molecule is CC1O[C@@H](O[C@H]2CC[C@]3(C)C4CC[C@]5(C)[C@@H](CN)CC[C@]5(O)C4CC[C@@H]3C2)C(O)[C@@H](O)[C@H]1O. The maximum Gasteiger partial charge on any atom is 0.186 e. The van der Waals surface area contributed by atoms with Crippen molar-refractivity contribution in [1.82, 2.24) is 0 Å².